The van der Waals surface area contributed by atoms with Crippen LogP contribution in [0, 0.1) is 0 Å². The molecule has 0 amide bonds. The fraction of sp³-hybridized carbons (Fsp3) is 0.133. The average Bonchev–Trinajstić information content (AvgIpc) is 2.45. The van der Waals surface area contributed by atoms with E-state index in [9.17, 15) is 4.79 Å². The first-order valence-corrected chi connectivity index (χ1v) is 6.46. The molecule has 4 heteroatoms. The summed E-state index contributed by atoms with van der Waals surface area (Å²) in [6.07, 6.45) is 0. The van der Waals surface area contributed by atoms with E-state index >= 15 is 0 Å². The molecule has 0 aliphatic carbocycles. The summed E-state index contributed by atoms with van der Waals surface area (Å²) in [5.74, 6) is 1.12. The van der Waals surface area contributed by atoms with Crippen LogP contribution < -0.4 is 9.47 Å². The Kier molecular flexibility index (Phi) is 4.22. The van der Waals surface area contributed by atoms with Gasteiger partial charge in [0.15, 0.2) is 5.78 Å². The minimum atomic E-state index is -0.0708. The third kappa shape index (κ3) is 3.15. The highest BCUT2D eigenvalue weighted by Crippen LogP contribution is 2.25. The van der Waals surface area contributed by atoms with Gasteiger partial charge in [0.2, 0.25) is 0 Å². The van der Waals surface area contributed by atoms with Gasteiger partial charge in [-0.25, -0.2) is 0 Å². The van der Waals surface area contributed by atoms with Crippen molar-refractivity contribution in [3.63, 3.8) is 0 Å². The van der Waals surface area contributed by atoms with Gasteiger partial charge in [0.05, 0.1) is 14.2 Å². The molecule has 0 saturated carbocycles. The first-order chi connectivity index (χ1) is 9.13. The molecule has 0 aliphatic heterocycles. The maximum Gasteiger partial charge on any atom is 0.193 e. The van der Waals surface area contributed by atoms with Crippen LogP contribution in [0.25, 0.3) is 0 Å². The predicted octanol–water partition coefficient (Wildman–Crippen LogP) is 3.70. The fourth-order valence-corrected chi connectivity index (χ4v) is 2.13. The summed E-state index contributed by atoms with van der Waals surface area (Å²) in [4.78, 5) is 12.4. The molecule has 2 rings (SSSR count). The van der Waals surface area contributed by atoms with Crippen molar-refractivity contribution >= 4 is 21.7 Å². The van der Waals surface area contributed by atoms with Crippen LogP contribution in [0.5, 0.6) is 11.5 Å². The molecule has 0 unspecified atom stereocenters. The molecule has 0 aliphatic rings. The molecular formula is C15H13BrO3. The largest absolute Gasteiger partial charge is 0.497 e. The standard InChI is InChI=1S/C15H13BrO3/c1-18-13-7-11(8-14(9-13)19-2)15(17)10-4-3-5-12(16)6-10/h3-9H,1-2H3. The Morgan fingerprint density at radius 2 is 1.58 bits per heavy atom. The zero-order valence-electron chi connectivity index (χ0n) is 10.6. The van der Waals surface area contributed by atoms with Crippen molar-refractivity contribution in [2.24, 2.45) is 0 Å². The van der Waals surface area contributed by atoms with Gasteiger partial charge in [-0.05, 0) is 24.3 Å². The molecule has 0 aromatic heterocycles. The summed E-state index contributed by atoms with van der Waals surface area (Å²) in [5.41, 5.74) is 1.15. The van der Waals surface area contributed by atoms with Crippen LogP contribution in [0.1, 0.15) is 15.9 Å². The van der Waals surface area contributed by atoms with Gasteiger partial charge in [-0.3, -0.25) is 4.79 Å². The minimum Gasteiger partial charge on any atom is -0.497 e. The van der Waals surface area contributed by atoms with Crippen molar-refractivity contribution in [1.29, 1.82) is 0 Å². The van der Waals surface area contributed by atoms with E-state index in [1.165, 1.54) is 0 Å². The first kappa shape index (κ1) is 13.6. The maximum absolute atomic E-state index is 12.4. The summed E-state index contributed by atoms with van der Waals surface area (Å²) in [7, 11) is 3.12. The SMILES string of the molecule is COc1cc(OC)cc(C(=O)c2cccc(Br)c2)c1. The van der Waals surface area contributed by atoms with Crippen LogP contribution in [0.15, 0.2) is 46.9 Å². The van der Waals surface area contributed by atoms with Gasteiger partial charge in [-0.2, -0.15) is 0 Å². The Balaban J connectivity index is 2.43. The van der Waals surface area contributed by atoms with Crippen LogP contribution in [0.2, 0.25) is 0 Å². The molecule has 19 heavy (non-hydrogen) atoms. The van der Waals surface area contributed by atoms with Crippen LogP contribution >= 0.6 is 15.9 Å². The lowest BCUT2D eigenvalue weighted by Gasteiger charge is -2.08. The highest BCUT2D eigenvalue weighted by Gasteiger charge is 2.12. The minimum absolute atomic E-state index is 0.0708. The summed E-state index contributed by atoms with van der Waals surface area (Å²) < 4.78 is 11.2. The summed E-state index contributed by atoms with van der Waals surface area (Å²) in [5, 5.41) is 0. The molecule has 0 heterocycles. The first-order valence-electron chi connectivity index (χ1n) is 5.67. The maximum atomic E-state index is 12.4. The van der Waals surface area contributed by atoms with E-state index in [0.29, 0.717) is 22.6 Å². The fourth-order valence-electron chi connectivity index (χ4n) is 1.73. The van der Waals surface area contributed by atoms with E-state index in [1.807, 2.05) is 12.1 Å². The number of hydrogen-bond donors (Lipinski definition) is 0. The van der Waals surface area contributed by atoms with Crippen LogP contribution in [0.3, 0.4) is 0 Å². The van der Waals surface area contributed by atoms with Crippen LogP contribution in [-0.4, -0.2) is 20.0 Å². The van der Waals surface area contributed by atoms with Crippen molar-refractivity contribution < 1.29 is 14.3 Å². The number of hydrogen-bond acceptors (Lipinski definition) is 3. The third-order valence-electron chi connectivity index (χ3n) is 2.70. The number of benzene rings is 2. The number of methoxy groups -OCH3 is 2. The Labute approximate surface area is 120 Å². The number of carbonyl (C=O) groups excluding carboxylic acids is 1. The Morgan fingerprint density at radius 1 is 0.947 bits per heavy atom. The van der Waals surface area contributed by atoms with Crippen LogP contribution in [-0.2, 0) is 0 Å². The lowest BCUT2D eigenvalue weighted by atomic mass is 10.0. The van der Waals surface area contributed by atoms with E-state index in [4.69, 9.17) is 9.47 Å². The molecule has 98 valence electrons. The van der Waals surface area contributed by atoms with Crippen molar-refractivity contribution in [2.45, 2.75) is 0 Å². The second kappa shape index (κ2) is 5.89. The number of rotatable bonds is 4. The lowest BCUT2D eigenvalue weighted by Crippen LogP contribution is -2.02. The molecule has 0 N–H and O–H groups in total. The van der Waals surface area contributed by atoms with E-state index in [2.05, 4.69) is 15.9 Å². The Bertz CT molecular complexity index is 586. The molecule has 0 atom stereocenters. The van der Waals surface area contributed by atoms with Gasteiger partial charge in [-0.15, -0.1) is 0 Å². The second-order valence-electron chi connectivity index (χ2n) is 3.94. The Morgan fingerprint density at radius 3 is 2.11 bits per heavy atom. The molecule has 2 aromatic rings. The summed E-state index contributed by atoms with van der Waals surface area (Å²) >= 11 is 3.36. The van der Waals surface area contributed by atoms with Crippen LogP contribution in [0.4, 0.5) is 0 Å². The van der Waals surface area contributed by atoms with Gasteiger partial charge >= 0.3 is 0 Å². The molecule has 0 bridgehead atoms. The Hall–Kier alpha value is -1.81. The average molecular weight is 321 g/mol. The second-order valence-corrected chi connectivity index (χ2v) is 4.86. The number of ketones is 1. The highest BCUT2D eigenvalue weighted by molar-refractivity contribution is 9.10. The third-order valence-corrected chi connectivity index (χ3v) is 3.19. The van der Waals surface area contributed by atoms with E-state index in [0.717, 1.165) is 4.47 Å². The number of halogens is 1. The van der Waals surface area contributed by atoms with Gasteiger partial charge in [0.1, 0.15) is 11.5 Å². The number of carbonyl (C=O) groups is 1. The molecule has 0 spiro atoms. The molecular weight excluding hydrogens is 308 g/mol. The smallest absolute Gasteiger partial charge is 0.193 e. The van der Waals surface area contributed by atoms with Crippen molar-refractivity contribution in [2.75, 3.05) is 14.2 Å². The van der Waals surface area contributed by atoms with Gasteiger partial charge < -0.3 is 9.47 Å². The van der Waals surface area contributed by atoms with E-state index < -0.39 is 0 Å². The van der Waals surface area contributed by atoms with Crippen molar-refractivity contribution in [1.82, 2.24) is 0 Å². The van der Waals surface area contributed by atoms with Gasteiger partial charge in [0, 0.05) is 21.7 Å². The lowest BCUT2D eigenvalue weighted by molar-refractivity contribution is 0.103. The topological polar surface area (TPSA) is 35.5 Å². The summed E-state index contributed by atoms with van der Waals surface area (Å²) in [6.45, 7) is 0. The zero-order chi connectivity index (χ0) is 13.8. The van der Waals surface area contributed by atoms with Crippen molar-refractivity contribution in [3.8, 4) is 11.5 Å². The molecule has 0 saturated heterocycles. The monoisotopic (exact) mass is 320 g/mol. The molecule has 0 radical (unpaired) electrons. The zero-order valence-corrected chi connectivity index (χ0v) is 12.2. The molecule has 3 nitrogen and oxygen atoms in total. The quantitative estimate of drug-likeness (QED) is 0.806. The highest BCUT2D eigenvalue weighted by atomic mass is 79.9. The molecule has 0 fully saturated rings. The summed E-state index contributed by atoms with van der Waals surface area (Å²) in [6, 6.07) is 12.4. The van der Waals surface area contributed by atoms with E-state index in [1.54, 1.807) is 44.6 Å². The van der Waals surface area contributed by atoms with E-state index in [-0.39, 0.29) is 5.78 Å². The van der Waals surface area contributed by atoms with Gasteiger partial charge in [0.25, 0.3) is 0 Å². The molecule has 2 aromatic carbocycles. The normalized spacial score (nSPS) is 10.1. The van der Waals surface area contributed by atoms with Gasteiger partial charge in [-0.1, -0.05) is 28.1 Å². The predicted molar refractivity (Wildman–Crippen MR) is 77.1 cm³/mol. The number of ether oxygens (including phenoxy) is 2. The van der Waals surface area contributed by atoms with Crippen molar-refractivity contribution in [3.05, 3.63) is 58.1 Å².